The predicted octanol–water partition coefficient (Wildman–Crippen LogP) is 2.01. The highest BCUT2D eigenvalue weighted by Gasteiger charge is 2.17. The molecule has 2 aromatic rings. The number of halogens is 1. The number of carboxylic acids is 1. The fraction of sp³-hybridized carbons (Fsp3) is 0.100. The molecule has 4 nitrogen and oxygen atoms in total. The first-order chi connectivity index (χ1) is 7.11. The summed E-state index contributed by atoms with van der Waals surface area (Å²) in [6.45, 7) is 0. The monoisotopic (exact) mass is 268 g/mol. The number of carboxylic acid groups (broad SMARTS) is 1. The van der Waals surface area contributed by atoms with Crippen molar-refractivity contribution in [3.63, 3.8) is 0 Å². The Morgan fingerprint density at radius 1 is 1.53 bits per heavy atom. The molecule has 1 aromatic carbocycles. The molecular formula is C10H9BrN2O2. The minimum atomic E-state index is -1.03. The lowest BCUT2D eigenvalue weighted by molar-refractivity contribution is -0.138. The summed E-state index contributed by atoms with van der Waals surface area (Å²) in [5.74, 6) is -1.03. The largest absolute Gasteiger partial charge is 0.480 e. The van der Waals surface area contributed by atoms with Crippen molar-refractivity contribution in [1.82, 2.24) is 4.98 Å². The third-order valence-corrected chi connectivity index (χ3v) is 2.95. The van der Waals surface area contributed by atoms with Crippen molar-refractivity contribution in [3.05, 3.63) is 34.4 Å². The van der Waals surface area contributed by atoms with Crippen molar-refractivity contribution in [3.8, 4) is 0 Å². The summed E-state index contributed by atoms with van der Waals surface area (Å²) in [6, 6.07) is 4.40. The van der Waals surface area contributed by atoms with Crippen molar-refractivity contribution in [1.29, 1.82) is 0 Å². The van der Waals surface area contributed by atoms with Gasteiger partial charge in [-0.1, -0.05) is 18.2 Å². The Hall–Kier alpha value is -1.33. The van der Waals surface area contributed by atoms with Crippen LogP contribution in [-0.2, 0) is 4.79 Å². The molecule has 1 atom stereocenters. The van der Waals surface area contributed by atoms with Crippen LogP contribution in [-0.4, -0.2) is 16.1 Å². The maximum atomic E-state index is 10.8. The Kier molecular flexibility index (Phi) is 2.50. The number of fused-ring (bicyclic) bond motifs is 1. The third-order valence-electron chi connectivity index (χ3n) is 2.30. The van der Waals surface area contributed by atoms with Gasteiger partial charge in [-0.3, -0.25) is 4.79 Å². The van der Waals surface area contributed by atoms with Crippen LogP contribution >= 0.6 is 15.9 Å². The molecular weight excluding hydrogens is 260 g/mol. The number of para-hydroxylation sites is 1. The van der Waals surface area contributed by atoms with E-state index in [2.05, 4.69) is 20.9 Å². The molecule has 0 spiro atoms. The van der Waals surface area contributed by atoms with E-state index in [4.69, 9.17) is 10.8 Å². The highest BCUT2D eigenvalue weighted by Crippen LogP contribution is 2.28. The standard InChI is InChI=1S/C10H9BrN2O2/c11-7-4-13-9-5(7)2-1-3-6(9)8(12)10(14)15/h1-4,8,13H,12H2,(H,14,15). The summed E-state index contributed by atoms with van der Waals surface area (Å²) in [7, 11) is 0. The van der Waals surface area contributed by atoms with Crippen LogP contribution in [0.4, 0.5) is 0 Å². The van der Waals surface area contributed by atoms with Crippen LogP contribution in [0.1, 0.15) is 11.6 Å². The van der Waals surface area contributed by atoms with Crippen LogP contribution in [0.25, 0.3) is 10.9 Å². The minimum Gasteiger partial charge on any atom is -0.480 e. The summed E-state index contributed by atoms with van der Waals surface area (Å²) < 4.78 is 0.900. The van der Waals surface area contributed by atoms with Crippen molar-refractivity contribution >= 4 is 32.8 Å². The summed E-state index contributed by atoms with van der Waals surface area (Å²) >= 11 is 3.37. The predicted molar refractivity (Wildman–Crippen MR) is 60.6 cm³/mol. The van der Waals surface area contributed by atoms with Gasteiger partial charge in [0.25, 0.3) is 0 Å². The Bertz CT molecular complexity index is 521. The van der Waals surface area contributed by atoms with Crippen LogP contribution in [0.15, 0.2) is 28.9 Å². The second kappa shape index (κ2) is 3.67. The number of aliphatic carboxylic acids is 1. The van der Waals surface area contributed by atoms with Gasteiger partial charge < -0.3 is 15.8 Å². The zero-order chi connectivity index (χ0) is 11.0. The molecule has 5 heteroatoms. The molecule has 0 amide bonds. The summed E-state index contributed by atoms with van der Waals surface area (Å²) in [5, 5.41) is 9.79. The van der Waals surface area contributed by atoms with Crippen molar-refractivity contribution in [2.45, 2.75) is 6.04 Å². The summed E-state index contributed by atoms with van der Waals surface area (Å²) in [4.78, 5) is 13.8. The fourth-order valence-electron chi connectivity index (χ4n) is 1.54. The van der Waals surface area contributed by atoms with E-state index in [9.17, 15) is 4.79 Å². The van der Waals surface area contributed by atoms with Crippen molar-refractivity contribution < 1.29 is 9.90 Å². The first-order valence-electron chi connectivity index (χ1n) is 4.35. The zero-order valence-electron chi connectivity index (χ0n) is 7.70. The van der Waals surface area contributed by atoms with Crippen molar-refractivity contribution in [2.75, 3.05) is 0 Å². The van der Waals surface area contributed by atoms with Gasteiger partial charge in [-0.15, -0.1) is 0 Å². The van der Waals surface area contributed by atoms with Gasteiger partial charge in [-0.2, -0.15) is 0 Å². The maximum absolute atomic E-state index is 10.8. The number of aromatic amines is 1. The second-order valence-corrected chi connectivity index (χ2v) is 4.08. The lowest BCUT2D eigenvalue weighted by Crippen LogP contribution is -2.20. The Labute approximate surface area is 94.2 Å². The number of hydrogen-bond donors (Lipinski definition) is 3. The summed E-state index contributed by atoms with van der Waals surface area (Å²) in [5.41, 5.74) is 6.93. The summed E-state index contributed by atoms with van der Waals surface area (Å²) in [6.07, 6.45) is 1.77. The molecule has 78 valence electrons. The molecule has 0 aliphatic carbocycles. The Morgan fingerprint density at radius 3 is 2.93 bits per heavy atom. The van der Waals surface area contributed by atoms with E-state index in [-0.39, 0.29) is 0 Å². The van der Waals surface area contributed by atoms with Crippen LogP contribution < -0.4 is 5.73 Å². The van der Waals surface area contributed by atoms with Gasteiger partial charge in [0.2, 0.25) is 0 Å². The number of aromatic nitrogens is 1. The van der Waals surface area contributed by atoms with Gasteiger partial charge in [-0.25, -0.2) is 0 Å². The molecule has 1 aromatic heterocycles. The molecule has 4 N–H and O–H groups in total. The molecule has 0 radical (unpaired) electrons. The number of rotatable bonds is 2. The molecule has 15 heavy (non-hydrogen) atoms. The average molecular weight is 269 g/mol. The molecule has 0 saturated carbocycles. The van der Waals surface area contributed by atoms with E-state index in [0.29, 0.717) is 5.56 Å². The number of hydrogen-bond acceptors (Lipinski definition) is 2. The quantitative estimate of drug-likeness (QED) is 0.780. The maximum Gasteiger partial charge on any atom is 0.325 e. The smallest absolute Gasteiger partial charge is 0.325 e. The Balaban J connectivity index is 2.66. The SMILES string of the molecule is NC(C(=O)O)c1cccc2c(Br)c[nH]c12. The van der Waals surface area contributed by atoms with Crippen LogP contribution in [0.3, 0.4) is 0 Å². The van der Waals surface area contributed by atoms with Crippen LogP contribution in [0, 0.1) is 0 Å². The minimum absolute atomic E-state index is 0.589. The van der Waals surface area contributed by atoms with Gasteiger partial charge in [0, 0.05) is 21.6 Å². The van der Waals surface area contributed by atoms with Gasteiger partial charge in [0.05, 0.1) is 5.52 Å². The second-order valence-electron chi connectivity index (χ2n) is 3.22. The van der Waals surface area contributed by atoms with E-state index in [0.717, 1.165) is 15.4 Å². The van der Waals surface area contributed by atoms with Gasteiger partial charge in [0.15, 0.2) is 0 Å². The number of benzene rings is 1. The number of H-pyrrole nitrogens is 1. The van der Waals surface area contributed by atoms with Gasteiger partial charge in [0.1, 0.15) is 6.04 Å². The van der Waals surface area contributed by atoms with E-state index < -0.39 is 12.0 Å². The third kappa shape index (κ3) is 1.64. The Morgan fingerprint density at radius 2 is 2.27 bits per heavy atom. The normalized spacial score (nSPS) is 12.9. The molecule has 1 heterocycles. The molecule has 0 bridgehead atoms. The van der Waals surface area contributed by atoms with Crippen LogP contribution in [0.2, 0.25) is 0 Å². The van der Waals surface area contributed by atoms with E-state index in [1.165, 1.54) is 0 Å². The van der Waals surface area contributed by atoms with E-state index >= 15 is 0 Å². The van der Waals surface area contributed by atoms with E-state index in [1.807, 2.05) is 6.07 Å². The molecule has 0 aliphatic rings. The lowest BCUT2D eigenvalue weighted by atomic mass is 10.1. The molecule has 2 rings (SSSR count). The molecule has 0 saturated heterocycles. The van der Waals surface area contributed by atoms with Gasteiger partial charge >= 0.3 is 5.97 Å². The average Bonchev–Trinajstić information content (AvgIpc) is 2.59. The molecule has 1 unspecified atom stereocenters. The lowest BCUT2D eigenvalue weighted by Gasteiger charge is -2.07. The first kappa shape index (κ1) is 10.2. The molecule has 0 fully saturated rings. The zero-order valence-corrected chi connectivity index (χ0v) is 9.28. The van der Waals surface area contributed by atoms with Crippen LogP contribution in [0.5, 0.6) is 0 Å². The van der Waals surface area contributed by atoms with Gasteiger partial charge in [-0.05, 0) is 15.9 Å². The number of nitrogens with one attached hydrogen (secondary N) is 1. The molecule has 0 aliphatic heterocycles. The van der Waals surface area contributed by atoms with E-state index in [1.54, 1.807) is 18.3 Å². The topological polar surface area (TPSA) is 79.1 Å². The van der Waals surface area contributed by atoms with Crippen molar-refractivity contribution in [2.24, 2.45) is 5.73 Å². The highest BCUT2D eigenvalue weighted by atomic mass is 79.9. The highest BCUT2D eigenvalue weighted by molar-refractivity contribution is 9.10. The first-order valence-corrected chi connectivity index (χ1v) is 5.14. The number of nitrogens with two attached hydrogens (primary N) is 1. The fourth-order valence-corrected chi connectivity index (χ4v) is 1.98. The number of carbonyl (C=O) groups is 1.